The van der Waals surface area contributed by atoms with Gasteiger partial charge in [-0.05, 0) is 41.1 Å². The molecule has 0 radical (unpaired) electrons. The number of hydrogen-bond donors (Lipinski definition) is 2. The first kappa shape index (κ1) is 15.6. The molecule has 0 saturated heterocycles. The molecule has 0 aliphatic carbocycles. The Bertz CT molecular complexity index is 748. The van der Waals surface area contributed by atoms with Crippen LogP contribution in [0.4, 0.5) is 0 Å². The third-order valence-electron chi connectivity index (χ3n) is 2.44. The number of carbonyl (C=O) groups is 1. The van der Waals surface area contributed by atoms with Gasteiger partial charge in [0.1, 0.15) is 4.88 Å². The summed E-state index contributed by atoms with van der Waals surface area (Å²) in [5, 5.41) is 8.89. The molecule has 2 rings (SSSR count). The van der Waals surface area contributed by atoms with E-state index in [1.54, 1.807) is 6.92 Å². The lowest BCUT2D eigenvalue weighted by Gasteiger charge is -2.04. The van der Waals surface area contributed by atoms with Crippen molar-refractivity contribution in [1.29, 1.82) is 0 Å². The Morgan fingerprint density at radius 1 is 1.40 bits per heavy atom. The molecule has 0 unspecified atom stereocenters. The van der Waals surface area contributed by atoms with Gasteiger partial charge in [0.2, 0.25) is 10.0 Å². The van der Waals surface area contributed by atoms with Gasteiger partial charge in [0.25, 0.3) is 0 Å². The summed E-state index contributed by atoms with van der Waals surface area (Å²) in [6.45, 7) is 1.77. The summed E-state index contributed by atoms with van der Waals surface area (Å²) in [5.74, 6) is -1.12. The summed E-state index contributed by atoms with van der Waals surface area (Å²) in [6, 6.07) is 4.85. The Labute approximate surface area is 132 Å². The molecule has 0 amide bonds. The molecule has 0 spiro atoms. The fraction of sp³-hybridized carbons (Fsp3) is 0.182. The van der Waals surface area contributed by atoms with Crippen LogP contribution in [0.5, 0.6) is 0 Å². The number of sulfonamides is 1. The molecule has 0 atom stereocenters. The van der Waals surface area contributed by atoms with Crippen molar-refractivity contribution in [2.45, 2.75) is 18.4 Å². The van der Waals surface area contributed by atoms with Crippen LogP contribution >= 0.6 is 38.6 Å². The largest absolute Gasteiger partial charge is 0.477 e. The predicted molar refractivity (Wildman–Crippen MR) is 82.1 cm³/mol. The van der Waals surface area contributed by atoms with Gasteiger partial charge in [-0.1, -0.05) is 0 Å². The lowest BCUT2D eigenvalue weighted by atomic mass is 10.4. The number of aryl methyl sites for hydroxylation is 1. The third kappa shape index (κ3) is 3.47. The number of aromatic carboxylic acids is 1. The molecule has 0 aliphatic heterocycles. The predicted octanol–water partition coefficient (Wildman–Crippen LogP) is 3.06. The van der Waals surface area contributed by atoms with E-state index in [1.807, 2.05) is 12.1 Å². The van der Waals surface area contributed by atoms with Crippen LogP contribution in [-0.4, -0.2) is 19.5 Å². The van der Waals surface area contributed by atoms with E-state index in [9.17, 15) is 13.2 Å². The SMILES string of the molecule is Cc1sc(C(=O)O)cc1S(=O)(=O)NCc1ccc(Br)s1. The summed E-state index contributed by atoms with van der Waals surface area (Å²) in [5.41, 5.74) is 0. The molecular weight excluding hydrogens is 386 g/mol. The Morgan fingerprint density at radius 2 is 2.10 bits per heavy atom. The van der Waals surface area contributed by atoms with Crippen molar-refractivity contribution in [3.05, 3.63) is 36.6 Å². The van der Waals surface area contributed by atoms with E-state index in [4.69, 9.17) is 5.11 Å². The molecule has 108 valence electrons. The van der Waals surface area contributed by atoms with E-state index in [0.29, 0.717) is 4.88 Å². The second-order valence-corrected chi connectivity index (χ2v) is 9.41. The van der Waals surface area contributed by atoms with Gasteiger partial charge in [-0.3, -0.25) is 0 Å². The summed E-state index contributed by atoms with van der Waals surface area (Å²) >= 11 is 5.69. The molecule has 0 aliphatic rings. The van der Waals surface area contributed by atoms with Crippen molar-refractivity contribution in [3.63, 3.8) is 0 Å². The van der Waals surface area contributed by atoms with E-state index in [0.717, 1.165) is 20.0 Å². The van der Waals surface area contributed by atoms with E-state index < -0.39 is 16.0 Å². The number of rotatable bonds is 5. The summed E-state index contributed by atoms with van der Waals surface area (Å²) in [7, 11) is -3.70. The second kappa shape index (κ2) is 5.94. The molecule has 0 aromatic carbocycles. The van der Waals surface area contributed by atoms with E-state index in [2.05, 4.69) is 20.7 Å². The second-order valence-electron chi connectivity index (χ2n) is 3.87. The van der Waals surface area contributed by atoms with Crippen LogP contribution in [0, 0.1) is 6.92 Å². The van der Waals surface area contributed by atoms with Crippen molar-refractivity contribution in [2.75, 3.05) is 0 Å². The van der Waals surface area contributed by atoms with Gasteiger partial charge < -0.3 is 5.11 Å². The summed E-state index contributed by atoms with van der Waals surface area (Å²) in [6.07, 6.45) is 0. The van der Waals surface area contributed by atoms with Crippen molar-refractivity contribution >= 4 is 54.6 Å². The number of nitrogens with one attached hydrogen (secondary N) is 1. The van der Waals surface area contributed by atoms with Gasteiger partial charge in [-0.2, -0.15) is 0 Å². The van der Waals surface area contributed by atoms with Gasteiger partial charge in [0.15, 0.2) is 0 Å². The lowest BCUT2D eigenvalue weighted by molar-refractivity contribution is 0.0702. The molecule has 9 heteroatoms. The molecule has 2 aromatic heterocycles. The third-order valence-corrected chi connectivity index (χ3v) is 6.76. The average molecular weight is 396 g/mol. The van der Waals surface area contributed by atoms with E-state index in [-0.39, 0.29) is 16.3 Å². The van der Waals surface area contributed by atoms with Crippen molar-refractivity contribution in [2.24, 2.45) is 0 Å². The first-order chi connectivity index (χ1) is 9.29. The van der Waals surface area contributed by atoms with Gasteiger partial charge in [0, 0.05) is 16.3 Å². The maximum absolute atomic E-state index is 12.2. The van der Waals surface area contributed by atoms with Crippen LogP contribution in [0.2, 0.25) is 0 Å². The summed E-state index contributed by atoms with van der Waals surface area (Å²) in [4.78, 5) is 12.2. The average Bonchev–Trinajstić information content (AvgIpc) is 2.93. The minimum absolute atomic E-state index is 0.0155. The standard InChI is InChI=1S/C11H10BrNO4S3/c1-6-9(4-8(18-6)11(14)15)20(16,17)13-5-7-2-3-10(12)19-7/h2-4,13H,5H2,1H3,(H,14,15). The van der Waals surface area contributed by atoms with Gasteiger partial charge in [-0.25, -0.2) is 17.9 Å². The maximum atomic E-state index is 12.2. The number of carboxylic acids is 1. The quantitative estimate of drug-likeness (QED) is 0.814. The van der Waals surface area contributed by atoms with Crippen molar-refractivity contribution in [3.8, 4) is 0 Å². The van der Waals surface area contributed by atoms with E-state index in [1.165, 1.54) is 17.4 Å². The van der Waals surface area contributed by atoms with Crippen LogP contribution in [0.1, 0.15) is 19.4 Å². The Morgan fingerprint density at radius 3 is 2.60 bits per heavy atom. The topological polar surface area (TPSA) is 83.5 Å². The molecule has 0 saturated carbocycles. The maximum Gasteiger partial charge on any atom is 0.345 e. The molecule has 0 fully saturated rings. The van der Waals surface area contributed by atoms with E-state index >= 15 is 0 Å². The normalized spacial score (nSPS) is 11.7. The Hall–Kier alpha value is -0.740. The van der Waals surface area contributed by atoms with Crippen LogP contribution in [-0.2, 0) is 16.6 Å². The Kier molecular flexibility index (Phi) is 4.65. The number of halogens is 1. The fourth-order valence-corrected chi connectivity index (χ4v) is 5.48. The molecule has 2 heterocycles. The first-order valence-corrected chi connectivity index (χ1v) is 9.28. The monoisotopic (exact) mass is 395 g/mol. The van der Waals surface area contributed by atoms with Crippen LogP contribution in [0.15, 0.2) is 26.9 Å². The minimum Gasteiger partial charge on any atom is -0.477 e. The highest BCUT2D eigenvalue weighted by Crippen LogP contribution is 2.26. The molecule has 20 heavy (non-hydrogen) atoms. The van der Waals surface area contributed by atoms with Gasteiger partial charge in [-0.15, -0.1) is 22.7 Å². The smallest absolute Gasteiger partial charge is 0.345 e. The van der Waals surface area contributed by atoms with Gasteiger partial charge in [0.05, 0.1) is 8.68 Å². The molecule has 2 aromatic rings. The zero-order chi connectivity index (χ0) is 14.9. The fourth-order valence-electron chi connectivity index (χ4n) is 1.53. The molecule has 0 bridgehead atoms. The van der Waals surface area contributed by atoms with Crippen LogP contribution < -0.4 is 4.72 Å². The minimum atomic E-state index is -3.70. The zero-order valence-electron chi connectivity index (χ0n) is 10.2. The Balaban J connectivity index is 2.20. The highest BCUT2D eigenvalue weighted by atomic mass is 79.9. The molecular formula is C11H10BrNO4S3. The van der Waals surface area contributed by atoms with Gasteiger partial charge >= 0.3 is 5.97 Å². The number of hydrogen-bond acceptors (Lipinski definition) is 5. The highest BCUT2D eigenvalue weighted by Gasteiger charge is 2.22. The lowest BCUT2D eigenvalue weighted by Crippen LogP contribution is -2.22. The zero-order valence-corrected chi connectivity index (χ0v) is 14.2. The molecule has 2 N–H and O–H groups in total. The summed E-state index contributed by atoms with van der Waals surface area (Å²) < 4.78 is 27.7. The number of thiophene rings is 2. The number of carboxylic acid groups (broad SMARTS) is 1. The van der Waals surface area contributed by atoms with Crippen molar-refractivity contribution < 1.29 is 18.3 Å². The van der Waals surface area contributed by atoms with Crippen LogP contribution in [0.25, 0.3) is 0 Å². The van der Waals surface area contributed by atoms with Crippen molar-refractivity contribution in [1.82, 2.24) is 4.72 Å². The first-order valence-electron chi connectivity index (χ1n) is 5.37. The van der Waals surface area contributed by atoms with Crippen LogP contribution in [0.3, 0.4) is 0 Å². The molecule has 5 nitrogen and oxygen atoms in total. The highest BCUT2D eigenvalue weighted by molar-refractivity contribution is 9.11.